The Balaban J connectivity index is 1.54. The van der Waals surface area contributed by atoms with Gasteiger partial charge in [0, 0.05) is 39.7 Å². The fourth-order valence-corrected chi connectivity index (χ4v) is 4.29. The highest BCUT2D eigenvalue weighted by Gasteiger charge is 2.13. The average Bonchev–Trinajstić information content (AvgIpc) is 2.76. The first-order valence-electron chi connectivity index (χ1n) is 10.6. The molecular formula is C23H29BrCl2N2O3. The van der Waals surface area contributed by atoms with Crippen molar-refractivity contribution in [3.63, 3.8) is 0 Å². The van der Waals surface area contributed by atoms with Crippen molar-refractivity contribution in [1.82, 2.24) is 10.2 Å². The molecule has 1 saturated heterocycles. The quantitative estimate of drug-likeness (QED) is 0.385. The number of hydrogen-bond donors (Lipinski definition) is 1. The molecule has 0 aromatic heterocycles. The minimum absolute atomic E-state index is 0.335. The summed E-state index contributed by atoms with van der Waals surface area (Å²) in [5.41, 5.74) is 2.00. The molecule has 0 spiro atoms. The standard InChI is InChI=1S/C23H29BrCl2N2O3/c1-2-30-22-12-18(15-27-6-3-7-28-8-10-29-11-9-28)20(24)14-23(22)31-16-17-4-5-19(25)13-21(17)26/h4-5,12-14,27H,2-3,6-11,15-16H2,1H3. The molecule has 0 radical (unpaired) electrons. The highest BCUT2D eigenvalue weighted by molar-refractivity contribution is 9.10. The molecule has 1 N–H and O–H groups in total. The lowest BCUT2D eigenvalue weighted by Crippen LogP contribution is -2.37. The number of halogens is 3. The van der Waals surface area contributed by atoms with Crippen LogP contribution in [0.15, 0.2) is 34.8 Å². The van der Waals surface area contributed by atoms with Gasteiger partial charge in [0.05, 0.1) is 19.8 Å². The summed E-state index contributed by atoms with van der Waals surface area (Å²) in [4.78, 5) is 2.45. The van der Waals surface area contributed by atoms with Crippen LogP contribution in [0.2, 0.25) is 10.0 Å². The molecule has 0 bridgehead atoms. The molecule has 1 heterocycles. The van der Waals surface area contributed by atoms with E-state index in [1.165, 1.54) is 0 Å². The van der Waals surface area contributed by atoms with Crippen LogP contribution in [0.3, 0.4) is 0 Å². The number of nitrogens with one attached hydrogen (secondary N) is 1. The van der Waals surface area contributed by atoms with Crippen molar-refractivity contribution >= 4 is 39.1 Å². The summed E-state index contributed by atoms with van der Waals surface area (Å²) in [6.07, 6.45) is 1.11. The van der Waals surface area contributed by atoms with Crippen LogP contribution in [-0.2, 0) is 17.9 Å². The van der Waals surface area contributed by atoms with Crippen molar-refractivity contribution in [3.05, 3.63) is 56.0 Å². The van der Waals surface area contributed by atoms with Crippen LogP contribution < -0.4 is 14.8 Å². The van der Waals surface area contributed by atoms with E-state index in [0.29, 0.717) is 29.0 Å². The molecule has 0 aliphatic carbocycles. The second kappa shape index (κ2) is 12.9. The monoisotopic (exact) mass is 530 g/mol. The van der Waals surface area contributed by atoms with Gasteiger partial charge in [0.1, 0.15) is 6.61 Å². The molecule has 170 valence electrons. The van der Waals surface area contributed by atoms with Crippen LogP contribution in [0.4, 0.5) is 0 Å². The molecule has 1 aliphatic rings. The normalized spacial score (nSPS) is 14.6. The van der Waals surface area contributed by atoms with E-state index in [0.717, 1.165) is 73.7 Å². The van der Waals surface area contributed by atoms with E-state index >= 15 is 0 Å². The lowest BCUT2D eigenvalue weighted by atomic mass is 10.2. The third-order valence-electron chi connectivity index (χ3n) is 5.06. The van der Waals surface area contributed by atoms with Gasteiger partial charge in [0.2, 0.25) is 0 Å². The third-order valence-corrected chi connectivity index (χ3v) is 6.38. The Bertz CT molecular complexity index is 848. The third kappa shape index (κ3) is 7.81. The first-order valence-corrected chi connectivity index (χ1v) is 12.1. The van der Waals surface area contributed by atoms with Gasteiger partial charge in [-0.15, -0.1) is 0 Å². The van der Waals surface area contributed by atoms with E-state index in [1.54, 1.807) is 12.1 Å². The molecule has 1 aliphatic heterocycles. The molecule has 0 unspecified atom stereocenters. The van der Waals surface area contributed by atoms with Gasteiger partial charge in [-0.1, -0.05) is 45.2 Å². The molecule has 3 rings (SSSR count). The molecule has 1 fully saturated rings. The maximum absolute atomic E-state index is 6.26. The summed E-state index contributed by atoms with van der Waals surface area (Å²) in [6, 6.07) is 9.38. The Labute approximate surface area is 203 Å². The van der Waals surface area contributed by atoms with Gasteiger partial charge in [-0.05, 0) is 56.3 Å². The summed E-state index contributed by atoms with van der Waals surface area (Å²) in [6.45, 7) is 9.44. The Morgan fingerprint density at radius 1 is 1.06 bits per heavy atom. The first-order chi connectivity index (χ1) is 15.1. The number of nitrogens with zero attached hydrogens (tertiary/aromatic N) is 1. The van der Waals surface area contributed by atoms with Crippen molar-refractivity contribution in [2.45, 2.75) is 26.5 Å². The Hall–Kier alpha value is -1.02. The Morgan fingerprint density at radius 3 is 2.58 bits per heavy atom. The Morgan fingerprint density at radius 2 is 1.84 bits per heavy atom. The van der Waals surface area contributed by atoms with Crippen LogP contribution >= 0.6 is 39.1 Å². The van der Waals surface area contributed by atoms with E-state index < -0.39 is 0 Å². The molecule has 2 aromatic rings. The van der Waals surface area contributed by atoms with Crippen LogP contribution in [0, 0.1) is 0 Å². The zero-order valence-electron chi connectivity index (χ0n) is 17.8. The maximum atomic E-state index is 6.26. The fraction of sp³-hybridized carbons (Fsp3) is 0.478. The van der Waals surface area contributed by atoms with Crippen molar-refractivity contribution in [2.24, 2.45) is 0 Å². The summed E-state index contributed by atoms with van der Waals surface area (Å²) in [7, 11) is 0. The van der Waals surface area contributed by atoms with E-state index in [-0.39, 0.29) is 0 Å². The van der Waals surface area contributed by atoms with Gasteiger partial charge in [0.15, 0.2) is 11.5 Å². The van der Waals surface area contributed by atoms with E-state index in [4.69, 9.17) is 37.4 Å². The number of rotatable bonds is 11. The summed E-state index contributed by atoms with van der Waals surface area (Å²) < 4.78 is 18.2. The maximum Gasteiger partial charge on any atom is 0.162 e. The van der Waals surface area contributed by atoms with Crippen molar-refractivity contribution in [1.29, 1.82) is 0 Å². The molecule has 31 heavy (non-hydrogen) atoms. The summed E-state index contributed by atoms with van der Waals surface area (Å²) >= 11 is 15.9. The molecule has 0 amide bonds. The average molecular weight is 532 g/mol. The van der Waals surface area contributed by atoms with E-state index in [1.807, 2.05) is 25.1 Å². The largest absolute Gasteiger partial charge is 0.490 e. The molecule has 5 nitrogen and oxygen atoms in total. The molecule has 2 aromatic carbocycles. The second-order valence-electron chi connectivity index (χ2n) is 7.33. The minimum Gasteiger partial charge on any atom is -0.490 e. The summed E-state index contributed by atoms with van der Waals surface area (Å²) in [5, 5.41) is 4.72. The van der Waals surface area contributed by atoms with Gasteiger partial charge in [-0.2, -0.15) is 0 Å². The Kier molecular flexibility index (Phi) is 10.2. The highest BCUT2D eigenvalue weighted by atomic mass is 79.9. The van der Waals surface area contributed by atoms with Gasteiger partial charge in [0.25, 0.3) is 0 Å². The lowest BCUT2D eigenvalue weighted by Gasteiger charge is -2.26. The predicted molar refractivity (Wildman–Crippen MR) is 130 cm³/mol. The molecule has 0 atom stereocenters. The number of morpholine rings is 1. The lowest BCUT2D eigenvalue weighted by molar-refractivity contribution is 0.0374. The van der Waals surface area contributed by atoms with Crippen molar-refractivity contribution in [3.8, 4) is 11.5 Å². The van der Waals surface area contributed by atoms with Crippen LogP contribution in [0.1, 0.15) is 24.5 Å². The zero-order chi connectivity index (χ0) is 22.1. The molecule has 0 saturated carbocycles. The van der Waals surface area contributed by atoms with Crippen molar-refractivity contribution < 1.29 is 14.2 Å². The van der Waals surface area contributed by atoms with E-state index in [2.05, 4.69) is 26.1 Å². The van der Waals surface area contributed by atoms with Gasteiger partial charge >= 0.3 is 0 Å². The number of benzene rings is 2. The fourth-order valence-electron chi connectivity index (χ4n) is 3.36. The van der Waals surface area contributed by atoms with Gasteiger partial charge in [-0.25, -0.2) is 0 Å². The smallest absolute Gasteiger partial charge is 0.162 e. The van der Waals surface area contributed by atoms with Crippen LogP contribution in [-0.4, -0.2) is 50.9 Å². The van der Waals surface area contributed by atoms with E-state index in [9.17, 15) is 0 Å². The number of hydrogen-bond acceptors (Lipinski definition) is 5. The summed E-state index contributed by atoms with van der Waals surface area (Å²) in [5.74, 6) is 1.40. The predicted octanol–water partition coefficient (Wildman–Crippen LogP) is 5.55. The SMILES string of the molecule is CCOc1cc(CNCCCN2CCOCC2)c(Br)cc1OCc1ccc(Cl)cc1Cl. The minimum atomic E-state index is 0.335. The first kappa shape index (κ1) is 24.6. The molecular weight excluding hydrogens is 503 g/mol. The van der Waals surface area contributed by atoms with Crippen LogP contribution in [0.25, 0.3) is 0 Å². The highest BCUT2D eigenvalue weighted by Crippen LogP contribution is 2.35. The molecule has 8 heteroatoms. The second-order valence-corrected chi connectivity index (χ2v) is 9.03. The number of ether oxygens (including phenoxy) is 3. The van der Waals surface area contributed by atoms with Gasteiger partial charge in [-0.3, -0.25) is 4.90 Å². The van der Waals surface area contributed by atoms with Crippen molar-refractivity contribution in [2.75, 3.05) is 46.0 Å². The van der Waals surface area contributed by atoms with Crippen LogP contribution in [0.5, 0.6) is 11.5 Å². The topological polar surface area (TPSA) is 43.0 Å². The van der Waals surface area contributed by atoms with Gasteiger partial charge < -0.3 is 19.5 Å². The zero-order valence-corrected chi connectivity index (χ0v) is 20.9.